The van der Waals surface area contributed by atoms with Gasteiger partial charge in [-0.1, -0.05) is 6.92 Å². The van der Waals surface area contributed by atoms with Crippen LogP contribution < -0.4 is 15.4 Å². The largest absolute Gasteiger partial charge is 0.490 e. The van der Waals surface area contributed by atoms with Crippen molar-refractivity contribution in [3.05, 3.63) is 17.9 Å². The van der Waals surface area contributed by atoms with E-state index in [4.69, 9.17) is 10.5 Å². The quantitative estimate of drug-likeness (QED) is 0.643. The van der Waals surface area contributed by atoms with Gasteiger partial charge in [-0.05, 0) is 13.3 Å². The Morgan fingerprint density at radius 2 is 1.90 bits per heavy atom. The molecule has 0 aliphatic rings. The highest BCUT2D eigenvalue weighted by Gasteiger charge is 2.31. The van der Waals surface area contributed by atoms with Gasteiger partial charge in [0, 0.05) is 18.7 Å². The fourth-order valence-electron chi connectivity index (χ4n) is 1.74. The molecule has 7 heteroatoms. The first kappa shape index (κ1) is 16.4. The molecule has 20 heavy (non-hydrogen) atoms. The number of nitrogens with two attached hydrogens (primary N) is 1. The van der Waals surface area contributed by atoms with E-state index in [1.807, 2.05) is 6.92 Å². The minimum Gasteiger partial charge on any atom is -0.490 e. The summed E-state index contributed by atoms with van der Waals surface area (Å²) in [7, 11) is 0. The van der Waals surface area contributed by atoms with Crippen molar-refractivity contribution in [2.75, 3.05) is 30.3 Å². The second-order valence-electron chi connectivity index (χ2n) is 4.32. The van der Waals surface area contributed by atoms with Crippen molar-refractivity contribution in [1.29, 1.82) is 0 Å². The number of hydrogen-bond donors (Lipinski definition) is 1. The minimum absolute atomic E-state index is 0.0440. The number of ether oxygens (including phenoxy) is 1. The van der Waals surface area contributed by atoms with Crippen molar-refractivity contribution in [1.82, 2.24) is 0 Å². The average Bonchev–Trinajstić information content (AvgIpc) is 2.34. The molecule has 1 aromatic carbocycles. The van der Waals surface area contributed by atoms with E-state index in [0.29, 0.717) is 6.42 Å². The summed E-state index contributed by atoms with van der Waals surface area (Å²) < 4.78 is 56.3. The standard InChI is InChI=1S/C13H18F4N2O/c1-3-5-20-12-7-11(10(18)6-9(12)14)19(4-2)8-13(15,16)17/h6-7H,3-5,8,18H2,1-2H3. The molecule has 0 saturated carbocycles. The molecule has 114 valence electrons. The summed E-state index contributed by atoms with van der Waals surface area (Å²) >= 11 is 0. The summed E-state index contributed by atoms with van der Waals surface area (Å²) in [5.74, 6) is -0.764. The Bertz CT molecular complexity index is 449. The van der Waals surface area contributed by atoms with Crippen molar-refractivity contribution in [2.24, 2.45) is 0 Å². The number of alkyl halides is 3. The van der Waals surface area contributed by atoms with Gasteiger partial charge in [0.1, 0.15) is 6.54 Å². The Morgan fingerprint density at radius 3 is 2.40 bits per heavy atom. The second-order valence-corrected chi connectivity index (χ2v) is 4.32. The number of nitrogens with zero attached hydrogens (tertiary/aromatic N) is 1. The monoisotopic (exact) mass is 294 g/mol. The predicted molar refractivity (Wildman–Crippen MR) is 70.5 cm³/mol. The Hall–Kier alpha value is -1.66. The van der Waals surface area contributed by atoms with Gasteiger partial charge >= 0.3 is 6.18 Å². The van der Waals surface area contributed by atoms with Gasteiger partial charge in [-0.15, -0.1) is 0 Å². The SMILES string of the molecule is CCCOc1cc(N(CC)CC(F)(F)F)c(N)cc1F. The van der Waals surface area contributed by atoms with Crippen LogP contribution in [-0.2, 0) is 0 Å². The maximum Gasteiger partial charge on any atom is 0.405 e. The summed E-state index contributed by atoms with van der Waals surface area (Å²) in [4.78, 5) is 1.04. The van der Waals surface area contributed by atoms with Gasteiger partial charge in [-0.25, -0.2) is 4.39 Å². The Labute approximate surface area is 115 Å². The Kier molecular flexibility index (Phi) is 5.47. The molecular formula is C13H18F4N2O. The number of halogens is 4. The van der Waals surface area contributed by atoms with Crippen LogP contribution in [0.2, 0.25) is 0 Å². The molecule has 3 nitrogen and oxygen atoms in total. The molecule has 0 bridgehead atoms. The number of hydrogen-bond acceptors (Lipinski definition) is 3. The molecule has 0 aromatic heterocycles. The van der Waals surface area contributed by atoms with Gasteiger partial charge in [0.2, 0.25) is 0 Å². The lowest BCUT2D eigenvalue weighted by Gasteiger charge is -2.26. The topological polar surface area (TPSA) is 38.5 Å². The molecule has 0 radical (unpaired) electrons. The number of anilines is 2. The molecule has 0 saturated heterocycles. The highest BCUT2D eigenvalue weighted by molar-refractivity contribution is 5.70. The molecule has 0 amide bonds. The van der Waals surface area contributed by atoms with Crippen LogP contribution in [0.1, 0.15) is 20.3 Å². The first-order valence-electron chi connectivity index (χ1n) is 6.32. The molecular weight excluding hydrogens is 276 g/mol. The van der Waals surface area contributed by atoms with Gasteiger partial charge in [-0.3, -0.25) is 0 Å². The van der Waals surface area contributed by atoms with Crippen LogP contribution in [0.25, 0.3) is 0 Å². The lowest BCUT2D eigenvalue weighted by molar-refractivity contribution is -0.119. The third kappa shape index (κ3) is 4.47. The fraction of sp³-hybridized carbons (Fsp3) is 0.538. The van der Waals surface area contributed by atoms with Crippen LogP contribution in [0, 0.1) is 5.82 Å². The molecule has 0 heterocycles. The number of nitrogen functional groups attached to an aromatic ring is 1. The molecule has 0 atom stereocenters. The number of rotatable bonds is 6. The summed E-state index contributed by atoms with van der Waals surface area (Å²) in [5.41, 5.74) is 5.69. The van der Waals surface area contributed by atoms with Crippen LogP contribution in [0.15, 0.2) is 12.1 Å². The van der Waals surface area contributed by atoms with Gasteiger partial charge < -0.3 is 15.4 Å². The average molecular weight is 294 g/mol. The summed E-state index contributed by atoms with van der Waals surface area (Å²) in [5, 5.41) is 0. The van der Waals surface area contributed by atoms with E-state index in [2.05, 4.69) is 0 Å². The molecule has 1 rings (SSSR count). The van der Waals surface area contributed by atoms with Crippen molar-refractivity contribution in [3.8, 4) is 5.75 Å². The third-order valence-corrected chi connectivity index (χ3v) is 2.64. The summed E-state index contributed by atoms with van der Waals surface area (Å²) in [6.45, 7) is 2.65. The fourth-order valence-corrected chi connectivity index (χ4v) is 1.74. The van der Waals surface area contributed by atoms with Gasteiger partial charge in [0.25, 0.3) is 0 Å². The first-order chi connectivity index (χ1) is 9.28. The Morgan fingerprint density at radius 1 is 1.25 bits per heavy atom. The minimum atomic E-state index is -4.36. The maximum absolute atomic E-state index is 13.6. The van der Waals surface area contributed by atoms with Crippen LogP contribution >= 0.6 is 0 Å². The van der Waals surface area contributed by atoms with E-state index in [1.165, 1.54) is 6.07 Å². The third-order valence-electron chi connectivity index (χ3n) is 2.64. The Balaban J connectivity index is 3.08. The van der Waals surface area contributed by atoms with E-state index in [1.54, 1.807) is 6.92 Å². The van der Waals surface area contributed by atoms with E-state index in [-0.39, 0.29) is 30.3 Å². The van der Waals surface area contributed by atoms with Gasteiger partial charge in [0.15, 0.2) is 11.6 Å². The zero-order chi connectivity index (χ0) is 15.3. The van der Waals surface area contributed by atoms with Crippen LogP contribution in [0.3, 0.4) is 0 Å². The van der Waals surface area contributed by atoms with Crippen molar-refractivity contribution < 1.29 is 22.3 Å². The predicted octanol–water partition coefficient (Wildman–Crippen LogP) is 3.59. The van der Waals surface area contributed by atoms with Crippen LogP contribution in [0.5, 0.6) is 5.75 Å². The van der Waals surface area contributed by atoms with Crippen LogP contribution in [0.4, 0.5) is 28.9 Å². The lowest BCUT2D eigenvalue weighted by atomic mass is 10.2. The molecule has 1 aromatic rings. The zero-order valence-corrected chi connectivity index (χ0v) is 11.4. The first-order valence-corrected chi connectivity index (χ1v) is 6.32. The van der Waals surface area contributed by atoms with Crippen molar-refractivity contribution in [2.45, 2.75) is 26.4 Å². The molecule has 0 fully saturated rings. The van der Waals surface area contributed by atoms with E-state index in [9.17, 15) is 17.6 Å². The zero-order valence-electron chi connectivity index (χ0n) is 11.4. The van der Waals surface area contributed by atoms with Crippen LogP contribution in [-0.4, -0.2) is 25.9 Å². The van der Waals surface area contributed by atoms with E-state index in [0.717, 1.165) is 11.0 Å². The normalized spacial score (nSPS) is 11.5. The lowest BCUT2D eigenvalue weighted by Crippen LogP contribution is -2.34. The molecule has 0 aliphatic heterocycles. The van der Waals surface area contributed by atoms with E-state index >= 15 is 0 Å². The van der Waals surface area contributed by atoms with Crippen molar-refractivity contribution in [3.63, 3.8) is 0 Å². The van der Waals surface area contributed by atoms with Crippen molar-refractivity contribution >= 4 is 11.4 Å². The summed E-state index contributed by atoms with van der Waals surface area (Å²) in [6, 6.07) is 2.20. The highest BCUT2D eigenvalue weighted by Crippen LogP contribution is 2.32. The molecule has 0 spiro atoms. The maximum atomic E-state index is 13.6. The highest BCUT2D eigenvalue weighted by atomic mass is 19.4. The molecule has 0 aliphatic carbocycles. The number of benzene rings is 1. The van der Waals surface area contributed by atoms with Gasteiger partial charge in [-0.2, -0.15) is 13.2 Å². The summed E-state index contributed by atoms with van der Waals surface area (Å²) in [6.07, 6.45) is -3.69. The molecule has 2 N–H and O–H groups in total. The second kappa shape index (κ2) is 6.67. The molecule has 0 unspecified atom stereocenters. The smallest absolute Gasteiger partial charge is 0.405 e. The van der Waals surface area contributed by atoms with E-state index < -0.39 is 18.5 Å². The van der Waals surface area contributed by atoms with Gasteiger partial charge in [0.05, 0.1) is 18.0 Å².